The first-order valence-electron chi connectivity index (χ1n) is 8.60. The molecule has 1 unspecified atom stereocenters. The summed E-state index contributed by atoms with van der Waals surface area (Å²) in [7, 11) is 0. The minimum Gasteiger partial charge on any atom is -0.313 e. The van der Waals surface area contributed by atoms with Gasteiger partial charge >= 0.3 is 0 Å². The maximum atomic E-state index is 3.78. The van der Waals surface area contributed by atoms with E-state index in [0.29, 0.717) is 6.04 Å². The normalized spacial score (nSPS) is 17.3. The Labute approximate surface area is 135 Å². The van der Waals surface area contributed by atoms with Crippen molar-refractivity contribution < 1.29 is 0 Å². The number of thioether (sulfide) groups is 1. The lowest BCUT2D eigenvalue weighted by Crippen LogP contribution is -2.35. The highest BCUT2D eigenvalue weighted by molar-refractivity contribution is 7.99. The highest BCUT2D eigenvalue weighted by atomic mass is 32.2. The lowest BCUT2D eigenvalue weighted by Gasteiger charge is -2.22. The van der Waals surface area contributed by atoms with Crippen LogP contribution in [0.2, 0.25) is 0 Å². The van der Waals surface area contributed by atoms with E-state index < -0.39 is 0 Å². The average molecular weight is 306 g/mol. The summed E-state index contributed by atoms with van der Waals surface area (Å²) in [4.78, 5) is 0. The predicted octanol–water partition coefficient (Wildman–Crippen LogP) is 4.89. The van der Waals surface area contributed by atoms with Gasteiger partial charge in [0.25, 0.3) is 0 Å². The predicted molar refractivity (Wildman–Crippen MR) is 96.4 cm³/mol. The van der Waals surface area contributed by atoms with E-state index >= 15 is 0 Å². The van der Waals surface area contributed by atoms with Crippen LogP contribution in [0, 0.1) is 13.8 Å². The van der Waals surface area contributed by atoms with Gasteiger partial charge < -0.3 is 5.32 Å². The molecular weight excluding hydrogens is 274 g/mol. The summed E-state index contributed by atoms with van der Waals surface area (Å²) in [6, 6.07) is 7.30. The summed E-state index contributed by atoms with van der Waals surface area (Å²) in [5, 5.41) is 4.70. The molecule has 1 atom stereocenters. The van der Waals surface area contributed by atoms with E-state index in [0.717, 1.165) is 11.8 Å². The fourth-order valence-corrected chi connectivity index (χ4v) is 4.67. The van der Waals surface area contributed by atoms with Crippen molar-refractivity contribution in [3.63, 3.8) is 0 Å². The van der Waals surface area contributed by atoms with E-state index in [1.807, 2.05) is 0 Å². The zero-order valence-electron chi connectivity index (χ0n) is 14.0. The Kier molecular flexibility index (Phi) is 7.12. The standard InChI is InChI=1S/C19H31NS/c1-4-12-20-17(14-21-18-10-5-6-11-18)13-19-15(2)8-7-9-16(19)3/h7-9,17-18,20H,4-6,10-14H2,1-3H3. The molecule has 0 amide bonds. The molecule has 1 aliphatic carbocycles. The number of aryl methyl sites for hydroxylation is 2. The van der Waals surface area contributed by atoms with Gasteiger partial charge in [0.1, 0.15) is 0 Å². The van der Waals surface area contributed by atoms with Gasteiger partial charge in [-0.05, 0) is 62.8 Å². The van der Waals surface area contributed by atoms with Crippen LogP contribution >= 0.6 is 11.8 Å². The lowest BCUT2D eigenvalue weighted by molar-refractivity contribution is 0.547. The number of hydrogen-bond donors (Lipinski definition) is 1. The summed E-state index contributed by atoms with van der Waals surface area (Å²) >= 11 is 2.21. The van der Waals surface area contributed by atoms with Gasteiger partial charge in [-0.15, -0.1) is 0 Å². The molecule has 2 rings (SSSR count). The summed E-state index contributed by atoms with van der Waals surface area (Å²) in [6.45, 7) is 7.90. The molecule has 21 heavy (non-hydrogen) atoms. The first-order valence-corrected chi connectivity index (χ1v) is 9.65. The van der Waals surface area contributed by atoms with Crippen LogP contribution in [0.15, 0.2) is 18.2 Å². The molecule has 0 bridgehead atoms. The summed E-state index contributed by atoms with van der Waals surface area (Å²) < 4.78 is 0. The fourth-order valence-electron chi connectivity index (χ4n) is 3.26. The SMILES string of the molecule is CCCNC(CSC1CCCC1)Cc1c(C)cccc1C. The maximum Gasteiger partial charge on any atom is 0.0198 e. The van der Waals surface area contributed by atoms with Crippen LogP contribution in [0.5, 0.6) is 0 Å². The maximum absolute atomic E-state index is 3.78. The van der Waals surface area contributed by atoms with Crippen molar-refractivity contribution >= 4 is 11.8 Å². The topological polar surface area (TPSA) is 12.0 Å². The molecule has 0 spiro atoms. The second-order valence-corrected chi connectivity index (χ2v) is 7.80. The first-order chi connectivity index (χ1) is 10.2. The van der Waals surface area contributed by atoms with E-state index in [9.17, 15) is 0 Å². The molecule has 1 aromatic rings. The Hall–Kier alpha value is -0.470. The second-order valence-electron chi connectivity index (χ2n) is 6.47. The molecule has 0 aliphatic heterocycles. The van der Waals surface area contributed by atoms with Crippen LogP contribution in [0.3, 0.4) is 0 Å². The van der Waals surface area contributed by atoms with Crippen LogP contribution in [0.4, 0.5) is 0 Å². The van der Waals surface area contributed by atoms with Crippen LogP contribution in [-0.2, 0) is 6.42 Å². The second kappa shape index (κ2) is 8.85. The molecule has 1 fully saturated rings. The van der Waals surface area contributed by atoms with Crippen LogP contribution in [0.25, 0.3) is 0 Å². The van der Waals surface area contributed by atoms with Gasteiger partial charge in [-0.1, -0.05) is 38.0 Å². The largest absolute Gasteiger partial charge is 0.313 e. The third-order valence-electron chi connectivity index (χ3n) is 4.61. The molecule has 1 N–H and O–H groups in total. The first kappa shape index (κ1) is 16.9. The van der Waals surface area contributed by atoms with Crippen molar-refractivity contribution in [3.05, 3.63) is 34.9 Å². The van der Waals surface area contributed by atoms with Crippen molar-refractivity contribution in [2.75, 3.05) is 12.3 Å². The minimum absolute atomic E-state index is 0.621. The molecular formula is C19H31NS. The van der Waals surface area contributed by atoms with Crippen molar-refractivity contribution in [1.82, 2.24) is 5.32 Å². The molecule has 0 heterocycles. The molecule has 1 aliphatic rings. The monoisotopic (exact) mass is 305 g/mol. The average Bonchev–Trinajstić information content (AvgIpc) is 2.98. The fraction of sp³-hybridized carbons (Fsp3) is 0.684. The van der Waals surface area contributed by atoms with E-state index in [-0.39, 0.29) is 0 Å². The zero-order chi connectivity index (χ0) is 15.1. The van der Waals surface area contributed by atoms with Crippen molar-refractivity contribution in [2.45, 2.75) is 70.6 Å². The Morgan fingerprint density at radius 2 is 1.86 bits per heavy atom. The molecule has 1 saturated carbocycles. The molecule has 0 saturated heterocycles. The van der Waals surface area contributed by atoms with E-state index in [1.165, 1.54) is 55.4 Å². The molecule has 0 aromatic heterocycles. The van der Waals surface area contributed by atoms with Gasteiger partial charge in [0.05, 0.1) is 0 Å². The molecule has 1 nitrogen and oxygen atoms in total. The molecule has 1 aromatic carbocycles. The Morgan fingerprint density at radius 1 is 1.19 bits per heavy atom. The van der Waals surface area contributed by atoms with Crippen molar-refractivity contribution in [1.29, 1.82) is 0 Å². The Morgan fingerprint density at radius 3 is 2.48 bits per heavy atom. The van der Waals surface area contributed by atoms with Crippen LogP contribution in [0.1, 0.15) is 55.7 Å². The van der Waals surface area contributed by atoms with Crippen LogP contribution < -0.4 is 5.32 Å². The van der Waals surface area contributed by atoms with Gasteiger partial charge in [-0.3, -0.25) is 0 Å². The van der Waals surface area contributed by atoms with Crippen LogP contribution in [-0.4, -0.2) is 23.6 Å². The van der Waals surface area contributed by atoms with Crippen molar-refractivity contribution in [2.24, 2.45) is 0 Å². The third-order valence-corrected chi connectivity index (χ3v) is 6.15. The summed E-state index contributed by atoms with van der Waals surface area (Å²) in [5.74, 6) is 1.26. The quantitative estimate of drug-likeness (QED) is 0.734. The highest BCUT2D eigenvalue weighted by Gasteiger charge is 2.18. The van der Waals surface area contributed by atoms with Gasteiger partial charge in [-0.2, -0.15) is 11.8 Å². The number of rotatable bonds is 8. The van der Waals surface area contributed by atoms with Gasteiger partial charge in [0.15, 0.2) is 0 Å². The van der Waals surface area contributed by atoms with E-state index in [2.05, 4.69) is 56.0 Å². The highest BCUT2D eigenvalue weighted by Crippen LogP contribution is 2.30. The Bertz CT molecular complexity index is 403. The van der Waals surface area contributed by atoms with E-state index in [1.54, 1.807) is 5.56 Å². The third kappa shape index (κ3) is 5.34. The molecule has 2 heteroatoms. The lowest BCUT2D eigenvalue weighted by atomic mass is 9.97. The zero-order valence-corrected chi connectivity index (χ0v) is 14.8. The molecule has 118 valence electrons. The Balaban J connectivity index is 1.94. The van der Waals surface area contributed by atoms with Gasteiger partial charge in [0.2, 0.25) is 0 Å². The summed E-state index contributed by atoms with van der Waals surface area (Å²) in [5.41, 5.74) is 4.45. The smallest absolute Gasteiger partial charge is 0.0198 e. The van der Waals surface area contributed by atoms with Gasteiger partial charge in [-0.25, -0.2) is 0 Å². The number of benzene rings is 1. The summed E-state index contributed by atoms with van der Waals surface area (Å²) in [6.07, 6.45) is 8.17. The minimum atomic E-state index is 0.621. The van der Waals surface area contributed by atoms with Gasteiger partial charge in [0, 0.05) is 17.0 Å². The molecule has 0 radical (unpaired) electrons. The number of nitrogens with one attached hydrogen (secondary N) is 1. The van der Waals surface area contributed by atoms with Crippen molar-refractivity contribution in [3.8, 4) is 0 Å². The van der Waals surface area contributed by atoms with E-state index in [4.69, 9.17) is 0 Å². The number of hydrogen-bond acceptors (Lipinski definition) is 2.